The first-order valence-corrected chi connectivity index (χ1v) is 7.21. The van der Waals surface area contributed by atoms with Crippen LogP contribution in [0, 0.1) is 12.7 Å². The summed E-state index contributed by atoms with van der Waals surface area (Å²) in [7, 11) is 1.63. The third-order valence-corrected chi connectivity index (χ3v) is 3.77. The van der Waals surface area contributed by atoms with Crippen LogP contribution in [0.1, 0.15) is 29.7 Å². The van der Waals surface area contributed by atoms with Crippen LogP contribution in [-0.4, -0.2) is 7.11 Å². The van der Waals surface area contributed by atoms with Gasteiger partial charge >= 0.3 is 0 Å². The van der Waals surface area contributed by atoms with E-state index in [-0.39, 0.29) is 11.9 Å². The van der Waals surface area contributed by atoms with Gasteiger partial charge in [0.25, 0.3) is 0 Å². The first-order valence-electron chi connectivity index (χ1n) is 6.83. The molecular weight excluding hydrogens is 289 g/mol. The van der Waals surface area contributed by atoms with Crippen molar-refractivity contribution in [2.45, 2.75) is 26.4 Å². The van der Waals surface area contributed by atoms with Crippen LogP contribution < -0.4 is 10.1 Å². The topological polar surface area (TPSA) is 21.3 Å². The molecule has 1 N–H and O–H groups in total. The summed E-state index contributed by atoms with van der Waals surface area (Å²) in [6.45, 7) is 4.36. The van der Waals surface area contributed by atoms with Crippen molar-refractivity contribution in [1.82, 2.24) is 5.32 Å². The van der Waals surface area contributed by atoms with Crippen molar-refractivity contribution in [2.75, 3.05) is 7.11 Å². The number of aryl methyl sites for hydroxylation is 1. The van der Waals surface area contributed by atoms with Gasteiger partial charge in [-0.3, -0.25) is 0 Å². The number of methoxy groups -OCH3 is 1. The lowest BCUT2D eigenvalue weighted by molar-refractivity contribution is 0.406. The fourth-order valence-corrected chi connectivity index (χ4v) is 2.34. The molecule has 0 aliphatic carbocycles. The predicted octanol–water partition coefficient (Wildman–Crippen LogP) is 4.65. The maximum absolute atomic E-state index is 13.6. The summed E-state index contributed by atoms with van der Waals surface area (Å²) in [6.07, 6.45) is 0. The highest BCUT2D eigenvalue weighted by molar-refractivity contribution is 6.30. The van der Waals surface area contributed by atoms with Gasteiger partial charge < -0.3 is 10.1 Å². The summed E-state index contributed by atoms with van der Waals surface area (Å²) in [5.41, 5.74) is 2.55. The zero-order chi connectivity index (χ0) is 15.4. The lowest BCUT2D eigenvalue weighted by atomic mass is 10.1. The van der Waals surface area contributed by atoms with Gasteiger partial charge in [0, 0.05) is 23.2 Å². The van der Waals surface area contributed by atoms with Crippen LogP contribution in [0.3, 0.4) is 0 Å². The molecule has 2 rings (SSSR count). The summed E-state index contributed by atoms with van der Waals surface area (Å²) in [5, 5.41) is 4.03. The highest BCUT2D eigenvalue weighted by atomic mass is 35.5. The van der Waals surface area contributed by atoms with Gasteiger partial charge in [0.05, 0.1) is 7.11 Å². The van der Waals surface area contributed by atoms with Gasteiger partial charge in [-0.15, -0.1) is 0 Å². The first-order chi connectivity index (χ1) is 10.0. The summed E-state index contributed by atoms with van der Waals surface area (Å²) in [5.74, 6) is 0.607. The van der Waals surface area contributed by atoms with Gasteiger partial charge in [0.2, 0.25) is 0 Å². The van der Waals surface area contributed by atoms with Crippen LogP contribution >= 0.6 is 11.6 Å². The number of halogens is 2. The fraction of sp³-hybridized carbons (Fsp3) is 0.294. The molecule has 0 heterocycles. The Morgan fingerprint density at radius 2 is 2.00 bits per heavy atom. The Hall–Kier alpha value is -1.58. The predicted molar refractivity (Wildman–Crippen MR) is 84.4 cm³/mol. The molecule has 4 heteroatoms. The lowest BCUT2D eigenvalue weighted by Gasteiger charge is -2.16. The van der Waals surface area contributed by atoms with Gasteiger partial charge in [-0.1, -0.05) is 23.7 Å². The highest BCUT2D eigenvalue weighted by Crippen LogP contribution is 2.24. The number of nitrogens with one attached hydrogen (secondary N) is 1. The molecule has 0 spiro atoms. The zero-order valence-corrected chi connectivity index (χ0v) is 13.2. The molecule has 21 heavy (non-hydrogen) atoms. The summed E-state index contributed by atoms with van der Waals surface area (Å²) in [6, 6.07) is 10.8. The molecular formula is C17H19ClFNO. The molecule has 0 saturated heterocycles. The molecule has 112 valence electrons. The average Bonchev–Trinajstić information content (AvgIpc) is 2.47. The minimum Gasteiger partial charge on any atom is -0.496 e. The van der Waals surface area contributed by atoms with Gasteiger partial charge in [-0.05, 0) is 49.2 Å². The third-order valence-electron chi connectivity index (χ3n) is 3.54. The maximum Gasteiger partial charge on any atom is 0.126 e. The second kappa shape index (κ2) is 6.92. The monoisotopic (exact) mass is 307 g/mol. The average molecular weight is 308 g/mol. The van der Waals surface area contributed by atoms with E-state index in [1.807, 2.05) is 25.1 Å². The molecule has 0 bridgehead atoms. The van der Waals surface area contributed by atoms with Crippen LogP contribution in [0.2, 0.25) is 5.02 Å². The van der Waals surface area contributed by atoms with Crippen molar-refractivity contribution in [2.24, 2.45) is 0 Å². The summed E-state index contributed by atoms with van der Waals surface area (Å²) >= 11 is 6.01. The van der Waals surface area contributed by atoms with E-state index in [1.165, 1.54) is 0 Å². The van der Waals surface area contributed by atoms with Gasteiger partial charge in [-0.2, -0.15) is 0 Å². The van der Waals surface area contributed by atoms with Gasteiger partial charge in [0.15, 0.2) is 0 Å². The third kappa shape index (κ3) is 3.96. The molecule has 0 aliphatic rings. The van der Waals surface area contributed by atoms with E-state index in [0.29, 0.717) is 17.1 Å². The molecule has 0 fully saturated rings. The number of benzene rings is 2. The smallest absolute Gasteiger partial charge is 0.126 e. The molecule has 2 nitrogen and oxygen atoms in total. The van der Waals surface area contributed by atoms with E-state index < -0.39 is 0 Å². The Morgan fingerprint density at radius 3 is 2.67 bits per heavy atom. The molecule has 1 atom stereocenters. The maximum atomic E-state index is 13.6. The van der Waals surface area contributed by atoms with E-state index in [2.05, 4.69) is 5.32 Å². The van der Waals surface area contributed by atoms with Crippen LogP contribution in [0.15, 0.2) is 36.4 Å². The fourth-order valence-electron chi connectivity index (χ4n) is 2.14. The standard InChI is InChI=1S/C17H19ClFNO/c1-11-4-5-13(9-16(11)19)12(2)20-10-14-8-15(18)6-7-17(14)21-3/h4-9,12,20H,10H2,1-3H3. The van der Waals surface area contributed by atoms with Crippen molar-refractivity contribution in [3.8, 4) is 5.75 Å². The van der Waals surface area contributed by atoms with E-state index in [9.17, 15) is 4.39 Å². The van der Waals surface area contributed by atoms with Crippen molar-refractivity contribution in [1.29, 1.82) is 0 Å². The Kier molecular flexibility index (Phi) is 5.21. The molecule has 0 radical (unpaired) electrons. The number of rotatable bonds is 5. The molecule has 1 unspecified atom stereocenters. The normalized spacial score (nSPS) is 12.2. The van der Waals surface area contributed by atoms with Gasteiger partial charge in [-0.25, -0.2) is 4.39 Å². The molecule has 2 aromatic rings. The Bertz CT molecular complexity index is 630. The first kappa shape index (κ1) is 15.8. The van der Waals surface area contributed by atoms with E-state index in [0.717, 1.165) is 16.9 Å². The lowest BCUT2D eigenvalue weighted by Crippen LogP contribution is -2.18. The Balaban J connectivity index is 2.08. The molecule has 0 aliphatic heterocycles. The Morgan fingerprint density at radius 1 is 1.24 bits per heavy atom. The van der Waals surface area contributed by atoms with Crippen LogP contribution in [0.25, 0.3) is 0 Å². The second-order valence-corrected chi connectivity index (χ2v) is 5.50. The molecule has 0 aromatic heterocycles. The van der Waals surface area contributed by atoms with Crippen molar-refractivity contribution in [3.05, 3.63) is 63.9 Å². The minimum absolute atomic E-state index is 0.0313. The molecule has 0 saturated carbocycles. The zero-order valence-electron chi connectivity index (χ0n) is 12.4. The number of ether oxygens (including phenoxy) is 1. The quantitative estimate of drug-likeness (QED) is 0.868. The van der Waals surface area contributed by atoms with Gasteiger partial charge in [0.1, 0.15) is 11.6 Å². The second-order valence-electron chi connectivity index (χ2n) is 5.07. The van der Waals surface area contributed by atoms with Crippen molar-refractivity contribution < 1.29 is 9.13 Å². The van der Waals surface area contributed by atoms with Crippen LogP contribution in [0.4, 0.5) is 4.39 Å². The van der Waals surface area contributed by atoms with Crippen LogP contribution in [-0.2, 0) is 6.54 Å². The van der Waals surface area contributed by atoms with Crippen molar-refractivity contribution >= 4 is 11.6 Å². The van der Waals surface area contributed by atoms with Crippen LogP contribution in [0.5, 0.6) is 5.75 Å². The largest absolute Gasteiger partial charge is 0.496 e. The summed E-state index contributed by atoms with van der Waals surface area (Å²) in [4.78, 5) is 0. The molecule has 2 aromatic carbocycles. The SMILES string of the molecule is COc1ccc(Cl)cc1CNC(C)c1ccc(C)c(F)c1. The number of hydrogen-bond acceptors (Lipinski definition) is 2. The highest BCUT2D eigenvalue weighted by Gasteiger charge is 2.09. The van der Waals surface area contributed by atoms with E-state index in [1.54, 1.807) is 32.2 Å². The summed E-state index contributed by atoms with van der Waals surface area (Å²) < 4.78 is 18.9. The minimum atomic E-state index is -0.179. The molecule has 0 amide bonds. The number of hydrogen-bond donors (Lipinski definition) is 1. The van der Waals surface area contributed by atoms with E-state index in [4.69, 9.17) is 16.3 Å². The van der Waals surface area contributed by atoms with Crippen molar-refractivity contribution in [3.63, 3.8) is 0 Å². The van der Waals surface area contributed by atoms with E-state index >= 15 is 0 Å². The Labute approximate surface area is 129 Å².